The van der Waals surface area contributed by atoms with Crippen LogP contribution in [-0.4, -0.2) is 46.9 Å². The third-order valence-electron chi connectivity index (χ3n) is 6.18. The van der Waals surface area contributed by atoms with Crippen molar-refractivity contribution < 1.29 is 34.0 Å². The number of aliphatic hydroxyl groups is 1. The molecule has 1 aromatic rings. The van der Waals surface area contributed by atoms with Crippen molar-refractivity contribution in [3.05, 3.63) is 40.5 Å². The van der Waals surface area contributed by atoms with E-state index in [2.05, 4.69) is 6.08 Å². The van der Waals surface area contributed by atoms with Crippen LogP contribution < -0.4 is 4.74 Å². The molecular weight excluding hydrogens is 424 g/mol. The summed E-state index contributed by atoms with van der Waals surface area (Å²) in [4.78, 5) is 23.0. The van der Waals surface area contributed by atoms with Crippen LogP contribution in [0.5, 0.6) is 11.5 Å². The number of fused-ring (bicyclic) bond motifs is 1. The first-order chi connectivity index (χ1) is 15.4. The molecule has 7 nitrogen and oxygen atoms in total. The molecule has 0 saturated heterocycles. The van der Waals surface area contributed by atoms with E-state index in [1.165, 1.54) is 18.6 Å². The zero-order valence-electron chi connectivity index (χ0n) is 20.4. The van der Waals surface area contributed by atoms with E-state index in [4.69, 9.17) is 14.2 Å². The van der Waals surface area contributed by atoms with E-state index in [1.54, 1.807) is 13.2 Å². The summed E-state index contributed by atoms with van der Waals surface area (Å²) < 4.78 is 16.6. The lowest BCUT2D eigenvalue weighted by Crippen LogP contribution is -2.37. The number of carbonyl (C=O) groups excluding carboxylic acids is 2. The van der Waals surface area contributed by atoms with Gasteiger partial charge in [0.05, 0.1) is 22.8 Å². The highest BCUT2D eigenvalue weighted by Gasteiger charge is 2.31. The summed E-state index contributed by atoms with van der Waals surface area (Å²) >= 11 is 0. The number of benzene rings is 1. The largest absolute Gasteiger partial charge is 0.507 e. The Balaban J connectivity index is 2.08. The zero-order valence-corrected chi connectivity index (χ0v) is 20.4. The molecule has 2 N–H and O–H groups in total. The number of hydrogen-bond donors (Lipinski definition) is 2. The Bertz CT molecular complexity index is 929. The second kappa shape index (κ2) is 11.0. The predicted molar refractivity (Wildman–Crippen MR) is 126 cm³/mol. The number of rotatable bonds is 11. The van der Waals surface area contributed by atoms with Gasteiger partial charge in [-0.1, -0.05) is 11.6 Å². The Morgan fingerprint density at radius 1 is 1.33 bits per heavy atom. The van der Waals surface area contributed by atoms with Crippen molar-refractivity contribution in [2.45, 2.75) is 84.2 Å². The van der Waals surface area contributed by atoms with E-state index in [9.17, 15) is 19.8 Å². The summed E-state index contributed by atoms with van der Waals surface area (Å²) in [5.41, 5.74) is 0.995. The summed E-state index contributed by atoms with van der Waals surface area (Å²) in [5, 5.41) is 20.7. The van der Waals surface area contributed by atoms with Crippen molar-refractivity contribution in [3.63, 3.8) is 0 Å². The molecule has 1 heterocycles. The molecule has 7 heteroatoms. The SMILES string of the molecule is COC(C)(C)C(O)CCC(C)=CCCC1(C)C=Cc2c(O)cc(COC(C)=O)c(C=O)c2O1. The van der Waals surface area contributed by atoms with Crippen molar-refractivity contribution in [2.24, 2.45) is 0 Å². The van der Waals surface area contributed by atoms with Crippen molar-refractivity contribution in [2.75, 3.05) is 7.11 Å². The highest BCUT2D eigenvalue weighted by Crippen LogP contribution is 2.42. The number of ether oxygens (including phenoxy) is 3. The Kier molecular flexibility index (Phi) is 8.86. The van der Waals surface area contributed by atoms with Crippen molar-refractivity contribution in [3.8, 4) is 11.5 Å². The fraction of sp³-hybridized carbons (Fsp3) is 0.538. The topological polar surface area (TPSA) is 102 Å². The number of hydrogen-bond acceptors (Lipinski definition) is 7. The molecule has 33 heavy (non-hydrogen) atoms. The number of aldehydes is 1. The maximum absolute atomic E-state index is 11.8. The molecule has 1 aliphatic rings. The number of phenolic OH excluding ortho intramolecular Hbond substituents is 1. The maximum atomic E-state index is 11.8. The molecule has 0 bridgehead atoms. The fourth-order valence-electron chi connectivity index (χ4n) is 3.64. The van der Waals surface area contributed by atoms with Gasteiger partial charge in [0.2, 0.25) is 0 Å². The molecule has 2 atom stereocenters. The lowest BCUT2D eigenvalue weighted by Gasteiger charge is -2.33. The van der Waals surface area contributed by atoms with Gasteiger partial charge < -0.3 is 24.4 Å². The summed E-state index contributed by atoms with van der Waals surface area (Å²) in [5.74, 6) is -0.220. The van der Waals surface area contributed by atoms with Crippen molar-refractivity contribution in [1.29, 1.82) is 0 Å². The molecule has 2 rings (SSSR count). The Hall–Kier alpha value is -2.64. The van der Waals surface area contributed by atoms with Gasteiger partial charge in [0.25, 0.3) is 0 Å². The molecule has 0 radical (unpaired) electrons. The first-order valence-corrected chi connectivity index (χ1v) is 11.2. The number of phenols is 1. The molecule has 0 fully saturated rings. The smallest absolute Gasteiger partial charge is 0.302 e. The lowest BCUT2D eigenvalue weighted by molar-refractivity contribution is -0.142. The molecular formula is C26H36O7. The molecule has 0 amide bonds. The van der Waals surface area contributed by atoms with Crippen LogP contribution in [0.4, 0.5) is 0 Å². The van der Waals surface area contributed by atoms with Gasteiger partial charge in [-0.15, -0.1) is 0 Å². The first-order valence-electron chi connectivity index (χ1n) is 11.2. The summed E-state index contributed by atoms with van der Waals surface area (Å²) in [6, 6.07) is 1.42. The van der Waals surface area contributed by atoms with Crippen LogP contribution in [0.3, 0.4) is 0 Å². The van der Waals surface area contributed by atoms with E-state index in [0.29, 0.717) is 36.0 Å². The molecule has 1 aliphatic heterocycles. The second-order valence-corrected chi connectivity index (χ2v) is 9.31. The van der Waals surface area contributed by atoms with E-state index < -0.39 is 23.3 Å². The fourth-order valence-corrected chi connectivity index (χ4v) is 3.64. The van der Waals surface area contributed by atoms with E-state index >= 15 is 0 Å². The van der Waals surface area contributed by atoms with Gasteiger partial charge in [0.1, 0.15) is 23.7 Å². The van der Waals surface area contributed by atoms with Gasteiger partial charge in [0, 0.05) is 19.6 Å². The van der Waals surface area contributed by atoms with Gasteiger partial charge in [-0.05, 0) is 71.6 Å². The molecule has 2 unspecified atom stereocenters. The number of esters is 1. The van der Waals surface area contributed by atoms with Crippen LogP contribution in [-0.2, 0) is 20.9 Å². The first kappa shape index (κ1) is 26.6. The number of aromatic hydroxyl groups is 1. The monoisotopic (exact) mass is 460 g/mol. The normalized spacial score (nSPS) is 18.9. The molecule has 1 aromatic carbocycles. The second-order valence-electron chi connectivity index (χ2n) is 9.31. The quantitative estimate of drug-likeness (QED) is 0.280. The van der Waals surface area contributed by atoms with E-state index in [-0.39, 0.29) is 17.9 Å². The van der Waals surface area contributed by atoms with Gasteiger partial charge in [-0.2, -0.15) is 0 Å². The van der Waals surface area contributed by atoms with Crippen LogP contribution >= 0.6 is 0 Å². The Morgan fingerprint density at radius 3 is 2.64 bits per heavy atom. The predicted octanol–water partition coefficient (Wildman–Crippen LogP) is 4.72. The van der Waals surface area contributed by atoms with Gasteiger partial charge in [-0.25, -0.2) is 0 Å². The van der Waals surface area contributed by atoms with E-state index in [1.807, 2.05) is 33.8 Å². The minimum Gasteiger partial charge on any atom is -0.507 e. The number of allylic oxidation sites excluding steroid dienone is 2. The standard InChI is InChI=1S/C26H36O7/c1-17(9-10-23(30)25(3,4)31-6)8-7-12-26(5)13-11-20-22(29)14-19(16-32-18(2)28)21(15-27)24(20)33-26/h8,11,13-15,23,29-30H,7,9-10,12,16H2,1-6H3. The Labute approximate surface area is 196 Å². The molecule has 0 spiro atoms. The van der Waals surface area contributed by atoms with Crippen LogP contribution in [0.15, 0.2) is 23.8 Å². The third-order valence-corrected chi connectivity index (χ3v) is 6.18. The van der Waals surface area contributed by atoms with E-state index in [0.717, 1.165) is 12.8 Å². The summed E-state index contributed by atoms with van der Waals surface area (Å²) in [6.07, 6.45) is 8.62. The van der Waals surface area contributed by atoms with Crippen LogP contribution in [0.1, 0.15) is 81.8 Å². The average molecular weight is 461 g/mol. The van der Waals surface area contributed by atoms with Gasteiger partial charge in [-0.3, -0.25) is 9.59 Å². The Morgan fingerprint density at radius 2 is 2.03 bits per heavy atom. The average Bonchev–Trinajstić information content (AvgIpc) is 2.75. The molecule has 0 aliphatic carbocycles. The highest BCUT2D eigenvalue weighted by atomic mass is 16.5. The van der Waals surface area contributed by atoms with Gasteiger partial charge >= 0.3 is 5.97 Å². The minimum absolute atomic E-state index is 0.0377. The van der Waals surface area contributed by atoms with Crippen LogP contribution in [0.2, 0.25) is 0 Å². The summed E-state index contributed by atoms with van der Waals surface area (Å²) in [7, 11) is 1.59. The van der Waals surface area contributed by atoms with Crippen LogP contribution in [0.25, 0.3) is 6.08 Å². The van der Waals surface area contributed by atoms with Crippen molar-refractivity contribution >= 4 is 18.3 Å². The maximum Gasteiger partial charge on any atom is 0.302 e. The van der Waals surface area contributed by atoms with Crippen LogP contribution in [0, 0.1) is 0 Å². The third kappa shape index (κ3) is 6.92. The zero-order chi connectivity index (χ0) is 24.8. The lowest BCUT2D eigenvalue weighted by atomic mass is 9.91. The number of methoxy groups -OCH3 is 1. The number of aliphatic hydroxyl groups excluding tert-OH is 1. The molecule has 0 saturated carbocycles. The van der Waals surface area contributed by atoms with Gasteiger partial charge in [0.15, 0.2) is 6.29 Å². The summed E-state index contributed by atoms with van der Waals surface area (Å²) in [6.45, 7) is 8.85. The van der Waals surface area contributed by atoms with Crippen molar-refractivity contribution in [1.82, 2.24) is 0 Å². The highest BCUT2D eigenvalue weighted by molar-refractivity contribution is 5.87. The molecule has 182 valence electrons. The number of carbonyl (C=O) groups is 2. The minimum atomic E-state index is -0.675. The molecule has 0 aromatic heterocycles.